The summed E-state index contributed by atoms with van der Waals surface area (Å²) >= 11 is 3.48. The van der Waals surface area contributed by atoms with E-state index in [2.05, 4.69) is 33.9 Å². The Hall–Kier alpha value is 0.199. The van der Waals surface area contributed by atoms with Crippen LogP contribution in [0.2, 0.25) is 4.94 Å². The Balaban J connectivity index is 2.46. The molecule has 0 saturated carbocycles. The Morgan fingerprint density at radius 3 is 2.75 bits per heavy atom. The van der Waals surface area contributed by atoms with Gasteiger partial charge in [0.1, 0.15) is 0 Å². The Kier molecular flexibility index (Phi) is 2.88. The number of rotatable bonds is 2. The van der Waals surface area contributed by atoms with Gasteiger partial charge < -0.3 is 0 Å². The summed E-state index contributed by atoms with van der Waals surface area (Å²) < 4.78 is 1.64. The Morgan fingerprint density at radius 1 is 1.17 bits per heavy atom. The molecule has 0 amide bonds. The molecule has 0 saturated heterocycles. The van der Waals surface area contributed by atoms with E-state index < -0.39 is 0 Å². The molecular weight excluding hydrogens is 291 g/mol. The molecule has 2 heterocycles. The van der Waals surface area contributed by atoms with Crippen LogP contribution in [0.1, 0.15) is 0 Å². The van der Waals surface area contributed by atoms with Crippen molar-refractivity contribution in [2.45, 2.75) is 4.94 Å². The molecule has 0 fully saturated rings. The summed E-state index contributed by atoms with van der Waals surface area (Å²) in [6.07, 6.45) is 0. The molecule has 0 unspecified atom stereocenters. The van der Waals surface area contributed by atoms with Crippen molar-refractivity contribution in [2.24, 2.45) is 0 Å². The number of thiophene rings is 2. The van der Waals surface area contributed by atoms with Crippen LogP contribution in [0.25, 0.3) is 9.75 Å². The fourth-order valence-electron chi connectivity index (χ4n) is 1.10. The van der Waals surface area contributed by atoms with Gasteiger partial charge in [0.15, 0.2) is 0 Å². The first kappa shape index (κ1) is 8.78. The maximum absolute atomic E-state index is 2.38. The summed E-state index contributed by atoms with van der Waals surface area (Å²) in [5.41, 5.74) is 0. The molecule has 0 nitrogen and oxygen atoms in total. The topological polar surface area (TPSA) is 0 Å². The van der Waals surface area contributed by atoms with Gasteiger partial charge in [-0.3, -0.25) is 0 Å². The summed E-state index contributed by atoms with van der Waals surface area (Å²) in [4.78, 5) is 5.35. The molecule has 2 aromatic heterocycles. The molecule has 0 aliphatic rings. The van der Waals surface area contributed by atoms with E-state index in [9.17, 15) is 0 Å². The third-order valence-electron chi connectivity index (χ3n) is 1.68. The van der Waals surface area contributed by atoms with Crippen LogP contribution >= 0.6 is 22.7 Å². The average molecular weight is 299 g/mol. The van der Waals surface area contributed by atoms with E-state index in [-0.39, 0.29) is 21.1 Å². The van der Waals surface area contributed by atoms with E-state index in [1.165, 1.54) is 9.75 Å². The van der Waals surface area contributed by atoms with Crippen LogP contribution in [0.3, 0.4) is 0 Å². The summed E-state index contributed by atoms with van der Waals surface area (Å²) in [6, 6.07) is 6.64. The third kappa shape index (κ3) is 1.60. The van der Waals surface area contributed by atoms with E-state index in [0.717, 1.165) is 0 Å². The second-order valence-corrected chi connectivity index (χ2v) is 7.22. The van der Waals surface area contributed by atoms with Crippen molar-refractivity contribution < 1.29 is 0 Å². The first-order valence-corrected chi connectivity index (χ1v) is 9.75. The first-order valence-electron chi connectivity index (χ1n) is 3.71. The van der Waals surface area contributed by atoms with Crippen LogP contribution in [0, 0.1) is 0 Å². The summed E-state index contributed by atoms with van der Waals surface area (Å²) in [5.74, 6) is 0. The van der Waals surface area contributed by atoms with Crippen molar-refractivity contribution in [3.63, 3.8) is 0 Å². The zero-order chi connectivity index (χ0) is 8.39. The fraction of sp³-hybridized carbons (Fsp3) is 0.111. The number of hydrogen-bond donors (Lipinski definition) is 0. The van der Waals surface area contributed by atoms with Crippen molar-refractivity contribution in [3.05, 3.63) is 29.0 Å². The van der Waals surface area contributed by atoms with Crippen LogP contribution < -0.4 is 3.58 Å². The van der Waals surface area contributed by atoms with Gasteiger partial charge in [0.05, 0.1) is 0 Å². The molecule has 0 N–H and O–H groups in total. The Bertz CT molecular complexity index is 348. The van der Waals surface area contributed by atoms with E-state index in [0.29, 0.717) is 0 Å². The summed E-state index contributed by atoms with van der Waals surface area (Å²) in [7, 11) is 0. The standard InChI is InChI=1S/C8H5S2.CH3.Sn/c1-3-7(9-5-1)8-4-2-6-10-8;;/h1-3,5-6H;1H3;. The SMILES string of the molecule is [CH3][Sn][c]1ccsc1-c1cccs1. The van der Waals surface area contributed by atoms with Crippen LogP contribution in [0.15, 0.2) is 29.0 Å². The molecule has 2 radical (unpaired) electrons. The van der Waals surface area contributed by atoms with Gasteiger partial charge in [0.25, 0.3) is 0 Å². The molecule has 2 aromatic rings. The molecule has 0 bridgehead atoms. The monoisotopic (exact) mass is 300 g/mol. The van der Waals surface area contributed by atoms with E-state index in [4.69, 9.17) is 0 Å². The minimum atomic E-state index is -0.255. The Morgan fingerprint density at radius 2 is 2.08 bits per heavy atom. The van der Waals surface area contributed by atoms with Gasteiger partial charge in [-0.25, -0.2) is 0 Å². The van der Waals surface area contributed by atoms with Crippen molar-refractivity contribution >= 4 is 47.4 Å². The van der Waals surface area contributed by atoms with E-state index >= 15 is 0 Å². The minimum absolute atomic E-state index is 0.255. The molecule has 60 valence electrons. The summed E-state index contributed by atoms with van der Waals surface area (Å²) in [6.45, 7) is 0. The predicted molar refractivity (Wildman–Crippen MR) is 58.9 cm³/mol. The molecule has 0 aromatic carbocycles. The van der Waals surface area contributed by atoms with Gasteiger partial charge in [-0.1, -0.05) is 0 Å². The maximum atomic E-state index is 2.38. The number of hydrogen-bond acceptors (Lipinski definition) is 2. The fourth-order valence-corrected chi connectivity index (χ4v) is 6.33. The van der Waals surface area contributed by atoms with Crippen LogP contribution in [0.4, 0.5) is 0 Å². The van der Waals surface area contributed by atoms with Gasteiger partial charge in [0.2, 0.25) is 0 Å². The van der Waals surface area contributed by atoms with Crippen molar-refractivity contribution in [2.75, 3.05) is 0 Å². The second-order valence-electron chi connectivity index (χ2n) is 2.39. The van der Waals surface area contributed by atoms with Gasteiger partial charge in [0, 0.05) is 0 Å². The van der Waals surface area contributed by atoms with Crippen LogP contribution in [0.5, 0.6) is 0 Å². The predicted octanol–water partition coefficient (Wildman–Crippen LogP) is 2.85. The molecule has 0 atom stereocenters. The van der Waals surface area contributed by atoms with Gasteiger partial charge in [-0.15, -0.1) is 0 Å². The second kappa shape index (κ2) is 3.94. The molecule has 3 heteroatoms. The van der Waals surface area contributed by atoms with Crippen molar-refractivity contribution in [1.29, 1.82) is 0 Å². The quantitative estimate of drug-likeness (QED) is 0.748. The van der Waals surface area contributed by atoms with Crippen molar-refractivity contribution in [1.82, 2.24) is 0 Å². The normalized spacial score (nSPS) is 10.4. The Labute approximate surface area is 90.5 Å². The van der Waals surface area contributed by atoms with Crippen LogP contribution in [-0.4, -0.2) is 21.1 Å². The van der Waals surface area contributed by atoms with E-state index in [1.54, 1.807) is 3.58 Å². The molecular formula is C9H8S2Sn. The molecule has 12 heavy (non-hydrogen) atoms. The molecule has 0 aliphatic heterocycles. The molecule has 0 spiro atoms. The third-order valence-corrected chi connectivity index (χ3v) is 6.89. The molecule has 2 rings (SSSR count). The molecule has 0 aliphatic carbocycles. The van der Waals surface area contributed by atoms with Gasteiger partial charge in [-0.2, -0.15) is 0 Å². The zero-order valence-corrected chi connectivity index (χ0v) is 11.2. The van der Waals surface area contributed by atoms with Crippen LogP contribution in [-0.2, 0) is 0 Å². The van der Waals surface area contributed by atoms with Gasteiger partial charge >= 0.3 is 91.0 Å². The van der Waals surface area contributed by atoms with Crippen molar-refractivity contribution in [3.8, 4) is 9.75 Å². The summed E-state index contributed by atoms with van der Waals surface area (Å²) in [5, 5.41) is 4.37. The first-order chi connectivity index (χ1) is 5.92. The average Bonchev–Trinajstić information content (AvgIpc) is 2.74. The zero-order valence-electron chi connectivity index (χ0n) is 6.70. The van der Waals surface area contributed by atoms with Gasteiger partial charge in [-0.05, 0) is 0 Å². The van der Waals surface area contributed by atoms with E-state index in [1.807, 2.05) is 22.7 Å².